The van der Waals surface area contributed by atoms with Gasteiger partial charge >= 0.3 is 0 Å². The second kappa shape index (κ2) is 5.69. The molecular weight excluding hydrogens is 126 g/mol. The summed E-state index contributed by atoms with van der Waals surface area (Å²) in [5, 5.41) is 11.8. The van der Waals surface area contributed by atoms with Gasteiger partial charge < -0.3 is 10.4 Å². The average Bonchev–Trinajstić information content (AvgIpc) is 1.86. The molecule has 0 aliphatic carbocycles. The molecule has 0 rings (SSSR count). The molecule has 10 heavy (non-hydrogen) atoms. The van der Waals surface area contributed by atoms with E-state index >= 15 is 0 Å². The molecular formula is C8H19NO. The molecule has 0 aliphatic heterocycles. The van der Waals surface area contributed by atoms with Crippen LogP contribution in [0.2, 0.25) is 0 Å². The lowest BCUT2D eigenvalue weighted by molar-refractivity contribution is 0.257. The minimum atomic E-state index is 0.290. The Labute approximate surface area is 63.6 Å². The molecule has 0 saturated carbocycles. The maximum atomic E-state index is 8.64. The summed E-state index contributed by atoms with van der Waals surface area (Å²) < 4.78 is 0. The predicted molar refractivity (Wildman–Crippen MR) is 44.0 cm³/mol. The third kappa shape index (κ3) is 4.77. The van der Waals surface area contributed by atoms with Crippen molar-refractivity contribution in [3.8, 4) is 0 Å². The molecule has 0 saturated heterocycles. The van der Waals surface area contributed by atoms with E-state index in [0.717, 1.165) is 12.8 Å². The van der Waals surface area contributed by atoms with Crippen molar-refractivity contribution in [2.45, 2.75) is 32.7 Å². The van der Waals surface area contributed by atoms with Gasteiger partial charge in [-0.05, 0) is 25.8 Å². The lowest BCUT2D eigenvalue weighted by Gasteiger charge is -2.16. The van der Waals surface area contributed by atoms with E-state index in [0.29, 0.717) is 12.0 Å². The zero-order chi connectivity index (χ0) is 7.98. The van der Waals surface area contributed by atoms with E-state index in [1.165, 1.54) is 0 Å². The first kappa shape index (κ1) is 9.92. The standard InChI is InChI=1S/C8H19NO/c1-7(2)6-8(9-3)4-5-10/h7-10H,4-6H2,1-3H3. The zero-order valence-electron chi connectivity index (χ0n) is 7.22. The lowest BCUT2D eigenvalue weighted by Crippen LogP contribution is -2.27. The van der Waals surface area contributed by atoms with Gasteiger partial charge in [-0.3, -0.25) is 0 Å². The molecule has 0 aromatic carbocycles. The number of aliphatic hydroxyl groups excluding tert-OH is 1. The van der Waals surface area contributed by atoms with Gasteiger partial charge in [0.25, 0.3) is 0 Å². The Morgan fingerprint density at radius 1 is 1.40 bits per heavy atom. The lowest BCUT2D eigenvalue weighted by atomic mass is 10.0. The van der Waals surface area contributed by atoms with Gasteiger partial charge in [0.1, 0.15) is 0 Å². The number of hydrogen-bond acceptors (Lipinski definition) is 2. The molecule has 1 atom stereocenters. The summed E-state index contributed by atoms with van der Waals surface area (Å²) in [6, 6.07) is 0.491. The third-order valence-corrected chi connectivity index (χ3v) is 1.64. The maximum Gasteiger partial charge on any atom is 0.0445 e. The fourth-order valence-electron chi connectivity index (χ4n) is 1.10. The highest BCUT2D eigenvalue weighted by Gasteiger charge is 2.06. The van der Waals surface area contributed by atoms with Crippen LogP contribution in [0, 0.1) is 5.92 Å². The summed E-state index contributed by atoms with van der Waals surface area (Å²) in [6.07, 6.45) is 2.02. The van der Waals surface area contributed by atoms with Crippen LogP contribution in [0.25, 0.3) is 0 Å². The Balaban J connectivity index is 3.39. The SMILES string of the molecule is CNC(CCO)CC(C)C. The van der Waals surface area contributed by atoms with Crippen molar-refractivity contribution in [2.24, 2.45) is 5.92 Å². The summed E-state index contributed by atoms with van der Waals surface area (Å²) in [5.74, 6) is 0.712. The largest absolute Gasteiger partial charge is 0.396 e. The first-order valence-corrected chi connectivity index (χ1v) is 3.98. The first-order valence-electron chi connectivity index (χ1n) is 3.98. The molecule has 2 nitrogen and oxygen atoms in total. The molecule has 0 aliphatic rings. The highest BCUT2D eigenvalue weighted by Crippen LogP contribution is 2.06. The molecule has 0 aromatic heterocycles. The van der Waals surface area contributed by atoms with Gasteiger partial charge in [-0.1, -0.05) is 13.8 Å². The normalized spacial score (nSPS) is 14.1. The molecule has 2 N–H and O–H groups in total. The number of hydrogen-bond donors (Lipinski definition) is 2. The second-order valence-electron chi connectivity index (χ2n) is 3.13. The van der Waals surface area contributed by atoms with Gasteiger partial charge in [0.2, 0.25) is 0 Å². The minimum Gasteiger partial charge on any atom is -0.396 e. The van der Waals surface area contributed by atoms with E-state index in [2.05, 4.69) is 19.2 Å². The molecule has 1 unspecified atom stereocenters. The molecule has 0 amide bonds. The van der Waals surface area contributed by atoms with Gasteiger partial charge in [-0.2, -0.15) is 0 Å². The molecule has 0 fully saturated rings. The fourth-order valence-corrected chi connectivity index (χ4v) is 1.10. The first-order chi connectivity index (χ1) is 4.70. The monoisotopic (exact) mass is 145 g/mol. The van der Waals surface area contributed by atoms with Crippen molar-refractivity contribution in [1.29, 1.82) is 0 Å². The fraction of sp³-hybridized carbons (Fsp3) is 1.00. The van der Waals surface area contributed by atoms with Crippen LogP contribution in [-0.2, 0) is 0 Å². The minimum absolute atomic E-state index is 0.290. The van der Waals surface area contributed by atoms with Crippen molar-refractivity contribution in [3.63, 3.8) is 0 Å². The van der Waals surface area contributed by atoms with Crippen molar-refractivity contribution >= 4 is 0 Å². The van der Waals surface area contributed by atoms with Gasteiger partial charge in [0.05, 0.1) is 0 Å². The predicted octanol–water partition coefficient (Wildman–Crippen LogP) is 1.00. The Kier molecular flexibility index (Phi) is 5.64. The van der Waals surface area contributed by atoms with Crippen LogP contribution in [0.15, 0.2) is 0 Å². The summed E-state index contributed by atoms with van der Waals surface area (Å²) in [5.41, 5.74) is 0. The van der Waals surface area contributed by atoms with Gasteiger partial charge in [0, 0.05) is 12.6 Å². The van der Waals surface area contributed by atoms with Crippen molar-refractivity contribution in [3.05, 3.63) is 0 Å². The molecule has 62 valence electrons. The summed E-state index contributed by atoms with van der Waals surface area (Å²) in [7, 11) is 1.95. The Hall–Kier alpha value is -0.0800. The van der Waals surface area contributed by atoms with Crippen LogP contribution in [0.1, 0.15) is 26.7 Å². The second-order valence-corrected chi connectivity index (χ2v) is 3.13. The highest BCUT2D eigenvalue weighted by atomic mass is 16.3. The number of nitrogens with one attached hydrogen (secondary N) is 1. The van der Waals surface area contributed by atoms with Crippen LogP contribution in [0.3, 0.4) is 0 Å². The highest BCUT2D eigenvalue weighted by molar-refractivity contribution is 4.65. The number of aliphatic hydroxyl groups is 1. The molecule has 0 radical (unpaired) electrons. The van der Waals surface area contributed by atoms with E-state index in [1.54, 1.807) is 0 Å². The van der Waals surface area contributed by atoms with Crippen molar-refractivity contribution < 1.29 is 5.11 Å². The molecule has 2 heteroatoms. The molecule has 0 bridgehead atoms. The van der Waals surface area contributed by atoms with Crippen molar-refractivity contribution in [1.82, 2.24) is 5.32 Å². The Morgan fingerprint density at radius 2 is 2.00 bits per heavy atom. The van der Waals surface area contributed by atoms with Gasteiger partial charge in [0.15, 0.2) is 0 Å². The molecule has 0 aromatic rings. The van der Waals surface area contributed by atoms with Crippen LogP contribution >= 0.6 is 0 Å². The van der Waals surface area contributed by atoms with E-state index in [9.17, 15) is 0 Å². The van der Waals surface area contributed by atoms with Gasteiger partial charge in [-0.25, -0.2) is 0 Å². The van der Waals surface area contributed by atoms with Crippen LogP contribution in [0.4, 0.5) is 0 Å². The smallest absolute Gasteiger partial charge is 0.0445 e. The quantitative estimate of drug-likeness (QED) is 0.605. The molecule has 0 spiro atoms. The Bertz CT molecular complexity index is 73.7. The van der Waals surface area contributed by atoms with Crippen LogP contribution < -0.4 is 5.32 Å². The van der Waals surface area contributed by atoms with E-state index in [-0.39, 0.29) is 6.61 Å². The van der Waals surface area contributed by atoms with E-state index in [4.69, 9.17) is 5.11 Å². The number of rotatable bonds is 5. The topological polar surface area (TPSA) is 32.3 Å². The van der Waals surface area contributed by atoms with Crippen LogP contribution in [-0.4, -0.2) is 24.8 Å². The Morgan fingerprint density at radius 3 is 2.30 bits per heavy atom. The summed E-state index contributed by atoms with van der Waals surface area (Å²) in [6.45, 7) is 4.68. The van der Waals surface area contributed by atoms with E-state index < -0.39 is 0 Å². The summed E-state index contributed by atoms with van der Waals surface area (Å²) >= 11 is 0. The van der Waals surface area contributed by atoms with E-state index in [1.807, 2.05) is 7.05 Å². The third-order valence-electron chi connectivity index (χ3n) is 1.64. The van der Waals surface area contributed by atoms with Crippen LogP contribution in [0.5, 0.6) is 0 Å². The molecule has 0 heterocycles. The zero-order valence-corrected chi connectivity index (χ0v) is 7.22. The maximum absolute atomic E-state index is 8.64. The van der Waals surface area contributed by atoms with Gasteiger partial charge in [-0.15, -0.1) is 0 Å². The summed E-state index contributed by atoms with van der Waals surface area (Å²) in [4.78, 5) is 0. The average molecular weight is 145 g/mol. The van der Waals surface area contributed by atoms with Crippen molar-refractivity contribution in [2.75, 3.05) is 13.7 Å².